The number of phenolic OH excluding ortho intramolecular Hbond substituents is 2. The van der Waals surface area contributed by atoms with E-state index in [-0.39, 0.29) is 17.2 Å². The van der Waals surface area contributed by atoms with Gasteiger partial charge in [-0.1, -0.05) is 5.16 Å². The molecule has 13 heavy (non-hydrogen) atoms. The molecule has 0 saturated heterocycles. The molecule has 0 bridgehead atoms. The van der Waals surface area contributed by atoms with Crippen molar-refractivity contribution in [1.29, 1.82) is 0 Å². The first-order chi connectivity index (χ1) is 6.06. The topological polar surface area (TPSA) is 73.1 Å². The number of hydrogen-bond donors (Lipinski definition) is 3. The molecule has 1 aromatic carbocycles. The van der Waals surface area contributed by atoms with E-state index in [0.717, 1.165) is 0 Å². The summed E-state index contributed by atoms with van der Waals surface area (Å²) in [7, 11) is 0. The number of rotatable bonds is 1. The standard InChI is InChI=1S/C8H8BrNO3/c1-4(10-13)5-2-8(12)6(9)3-7(5)11/h2-3,11-13H,1H3. The second-order valence-electron chi connectivity index (χ2n) is 2.51. The van der Waals surface area contributed by atoms with E-state index < -0.39 is 0 Å². The van der Waals surface area contributed by atoms with Gasteiger partial charge in [-0.3, -0.25) is 0 Å². The SMILES string of the molecule is CC(=NO)c1cc(O)c(Br)cc1O. The Hall–Kier alpha value is -1.23. The van der Waals surface area contributed by atoms with Gasteiger partial charge >= 0.3 is 0 Å². The van der Waals surface area contributed by atoms with Gasteiger partial charge in [0.25, 0.3) is 0 Å². The molecule has 0 aliphatic rings. The maximum atomic E-state index is 9.38. The van der Waals surface area contributed by atoms with Crippen molar-refractivity contribution in [3.05, 3.63) is 22.2 Å². The molecule has 0 radical (unpaired) electrons. The quantitative estimate of drug-likeness (QED) is 0.307. The van der Waals surface area contributed by atoms with Gasteiger partial charge in [0.15, 0.2) is 0 Å². The van der Waals surface area contributed by atoms with Crippen molar-refractivity contribution < 1.29 is 15.4 Å². The van der Waals surface area contributed by atoms with Crippen molar-refractivity contribution in [3.8, 4) is 11.5 Å². The van der Waals surface area contributed by atoms with E-state index in [1.807, 2.05) is 0 Å². The van der Waals surface area contributed by atoms with E-state index >= 15 is 0 Å². The Morgan fingerprint density at radius 2 is 1.92 bits per heavy atom. The van der Waals surface area contributed by atoms with Crippen molar-refractivity contribution in [3.63, 3.8) is 0 Å². The van der Waals surface area contributed by atoms with E-state index in [4.69, 9.17) is 5.21 Å². The largest absolute Gasteiger partial charge is 0.507 e. The fourth-order valence-electron chi connectivity index (χ4n) is 0.895. The number of benzene rings is 1. The summed E-state index contributed by atoms with van der Waals surface area (Å²) in [4.78, 5) is 0. The van der Waals surface area contributed by atoms with Crippen molar-refractivity contribution in [1.82, 2.24) is 0 Å². The monoisotopic (exact) mass is 245 g/mol. The van der Waals surface area contributed by atoms with Crippen LogP contribution in [-0.4, -0.2) is 21.1 Å². The molecule has 0 atom stereocenters. The fourth-order valence-corrected chi connectivity index (χ4v) is 1.23. The summed E-state index contributed by atoms with van der Waals surface area (Å²) in [6.07, 6.45) is 0. The molecule has 0 heterocycles. The van der Waals surface area contributed by atoms with Crippen LogP contribution in [0.1, 0.15) is 12.5 Å². The number of hydrogen-bond acceptors (Lipinski definition) is 4. The number of nitrogens with zero attached hydrogens (tertiary/aromatic N) is 1. The van der Waals surface area contributed by atoms with Crippen LogP contribution in [0.2, 0.25) is 0 Å². The summed E-state index contributed by atoms with van der Waals surface area (Å²) in [5.41, 5.74) is 0.531. The van der Waals surface area contributed by atoms with Crippen LogP contribution in [0, 0.1) is 0 Å². The van der Waals surface area contributed by atoms with Gasteiger partial charge < -0.3 is 15.4 Å². The second-order valence-corrected chi connectivity index (χ2v) is 3.36. The minimum Gasteiger partial charge on any atom is -0.507 e. The van der Waals surface area contributed by atoms with Crippen LogP contribution in [0.15, 0.2) is 21.8 Å². The Bertz CT molecular complexity index is 363. The zero-order valence-electron chi connectivity index (χ0n) is 6.82. The number of halogens is 1. The van der Waals surface area contributed by atoms with E-state index in [1.165, 1.54) is 19.1 Å². The highest BCUT2D eigenvalue weighted by Gasteiger charge is 2.09. The third-order valence-corrected chi connectivity index (χ3v) is 2.24. The Kier molecular flexibility index (Phi) is 2.77. The van der Waals surface area contributed by atoms with Gasteiger partial charge in [0.2, 0.25) is 0 Å². The molecule has 0 unspecified atom stereocenters. The highest BCUT2D eigenvalue weighted by molar-refractivity contribution is 9.10. The number of phenols is 2. The Morgan fingerprint density at radius 1 is 1.31 bits per heavy atom. The molecule has 0 spiro atoms. The van der Waals surface area contributed by atoms with Crippen molar-refractivity contribution in [2.75, 3.05) is 0 Å². The fraction of sp³-hybridized carbons (Fsp3) is 0.125. The normalized spacial score (nSPS) is 11.7. The average Bonchev–Trinajstić information content (AvgIpc) is 2.10. The van der Waals surface area contributed by atoms with Crippen LogP contribution in [0.5, 0.6) is 11.5 Å². The van der Waals surface area contributed by atoms with Crippen molar-refractivity contribution in [2.45, 2.75) is 6.92 Å². The third-order valence-electron chi connectivity index (χ3n) is 1.60. The Morgan fingerprint density at radius 3 is 2.46 bits per heavy atom. The molecule has 5 heteroatoms. The second kappa shape index (κ2) is 3.66. The average molecular weight is 246 g/mol. The lowest BCUT2D eigenvalue weighted by Crippen LogP contribution is -1.94. The molecule has 4 nitrogen and oxygen atoms in total. The molecule has 0 saturated carbocycles. The summed E-state index contributed by atoms with van der Waals surface area (Å²) in [6.45, 7) is 1.52. The van der Waals surface area contributed by atoms with E-state index in [1.54, 1.807) is 0 Å². The minimum absolute atomic E-state index is 0.0178. The zero-order chi connectivity index (χ0) is 10.0. The van der Waals surface area contributed by atoms with Crippen LogP contribution >= 0.6 is 15.9 Å². The van der Waals surface area contributed by atoms with Crippen LogP contribution in [0.3, 0.4) is 0 Å². The maximum Gasteiger partial charge on any atom is 0.130 e. The Labute approximate surface area is 83.3 Å². The molecule has 0 aromatic heterocycles. The molecule has 0 fully saturated rings. The smallest absolute Gasteiger partial charge is 0.130 e. The minimum atomic E-state index is -0.0556. The van der Waals surface area contributed by atoms with Crippen molar-refractivity contribution >= 4 is 21.6 Å². The maximum absolute atomic E-state index is 9.38. The van der Waals surface area contributed by atoms with E-state index in [0.29, 0.717) is 10.0 Å². The van der Waals surface area contributed by atoms with Crippen LogP contribution in [-0.2, 0) is 0 Å². The number of aromatic hydroxyl groups is 2. The van der Waals surface area contributed by atoms with Gasteiger partial charge in [-0.2, -0.15) is 0 Å². The molecule has 0 aliphatic heterocycles. The molecular formula is C8H8BrNO3. The lowest BCUT2D eigenvalue weighted by molar-refractivity contribution is 0.318. The van der Waals surface area contributed by atoms with Gasteiger partial charge in [0.05, 0.1) is 10.2 Å². The lowest BCUT2D eigenvalue weighted by atomic mass is 10.1. The van der Waals surface area contributed by atoms with Crippen molar-refractivity contribution in [2.24, 2.45) is 5.16 Å². The van der Waals surface area contributed by atoms with Gasteiger partial charge in [-0.05, 0) is 35.0 Å². The summed E-state index contributed by atoms with van der Waals surface area (Å²) in [5, 5.41) is 30.0. The molecule has 0 aliphatic carbocycles. The first-order valence-electron chi connectivity index (χ1n) is 3.46. The molecule has 1 aromatic rings. The summed E-state index contributed by atoms with van der Waals surface area (Å²) in [6, 6.07) is 2.65. The van der Waals surface area contributed by atoms with Crippen LogP contribution in [0.4, 0.5) is 0 Å². The van der Waals surface area contributed by atoms with Gasteiger partial charge in [-0.25, -0.2) is 0 Å². The van der Waals surface area contributed by atoms with Gasteiger partial charge in [0, 0.05) is 5.56 Å². The predicted molar refractivity (Wildman–Crippen MR) is 51.5 cm³/mol. The van der Waals surface area contributed by atoms with Crippen LogP contribution < -0.4 is 0 Å². The zero-order valence-corrected chi connectivity index (χ0v) is 8.41. The molecular weight excluding hydrogens is 238 g/mol. The molecule has 3 N–H and O–H groups in total. The third kappa shape index (κ3) is 1.92. The van der Waals surface area contributed by atoms with Gasteiger partial charge in [0.1, 0.15) is 11.5 Å². The molecule has 70 valence electrons. The van der Waals surface area contributed by atoms with Gasteiger partial charge in [-0.15, -0.1) is 0 Å². The Balaban J connectivity index is 3.32. The highest BCUT2D eigenvalue weighted by atomic mass is 79.9. The molecule has 1 rings (SSSR count). The first-order valence-corrected chi connectivity index (χ1v) is 4.26. The van der Waals surface area contributed by atoms with E-state index in [9.17, 15) is 10.2 Å². The summed E-state index contributed by atoms with van der Waals surface area (Å²) >= 11 is 3.04. The highest BCUT2D eigenvalue weighted by Crippen LogP contribution is 2.31. The number of oxime groups is 1. The predicted octanol–water partition coefficient (Wildman–Crippen LogP) is 2.06. The van der Waals surface area contributed by atoms with Crippen LogP contribution in [0.25, 0.3) is 0 Å². The lowest BCUT2D eigenvalue weighted by Gasteiger charge is -2.04. The summed E-state index contributed by atoms with van der Waals surface area (Å²) < 4.78 is 0.388. The molecule has 0 amide bonds. The first kappa shape index (κ1) is 9.85. The summed E-state index contributed by atoms with van der Waals surface area (Å²) in [5.74, 6) is -0.0734. The van der Waals surface area contributed by atoms with E-state index in [2.05, 4.69) is 21.1 Å².